The molecule has 1 fully saturated rings. The third-order valence-corrected chi connectivity index (χ3v) is 4.71. The molecule has 0 aliphatic carbocycles. The summed E-state index contributed by atoms with van der Waals surface area (Å²) in [6.07, 6.45) is 1.25. The van der Waals surface area contributed by atoms with Crippen LogP contribution in [0.4, 0.5) is 0 Å². The zero-order chi connectivity index (χ0) is 13.5. The fourth-order valence-corrected chi connectivity index (χ4v) is 3.40. The number of hydrogen-bond acceptors (Lipinski definition) is 4. The van der Waals surface area contributed by atoms with Crippen molar-refractivity contribution in [1.82, 2.24) is 4.90 Å². The maximum Gasteiger partial charge on any atom is 0.119 e. The van der Waals surface area contributed by atoms with Crippen molar-refractivity contribution in [2.45, 2.75) is 18.6 Å². The summed E-state index contributed by atoms with van der Waals surface area (Å²) in [6.45, 7) is 6.30. The van der Waals surface area contributed by atoms with Gasteiger partial charge in [0.25, 0.3) is 0 Å². The summed E-state index contributed by atoms with van der Waals surface area (Å²) < 4.78 is 5.72. The number of benzene rings is 1. The first-order valence-electron chi connectivity index (χ1n) is 6.78. The molecule has 0 saturated carbocycles. The molecule has 1 aromatic carbocycles. The second-order valence-electron chi connectivity index (χ2n) is 4.69. The first kappa shape index (κ1) is 14.2. The maximum absolute atomic E-state index is 8.72. The van der Waals surface area contributed by atoms with E-state index in [4.69, 9.17) is 10.00 Å². The molecule has 19 heavy (non-hydrogen) atoms. The molecular weight excluding hydrogens is 256 g/mol. The summed E-state index contributed by atoms with van der Waals surface area (Å²) in [5, 5.41) is 9.50. The Labute approximate surface area is 119 Å². The predicted molar refractivity (Wildman–Crippen MR) is 79.6 cm³/mol. The zero-order valence-corrected chi connectivity index (χ0v) is 12.2. The van der Waals surface area contributed by atoms with Gasteiger partial charge in [0.05, 0.1) is 11.6 Å². The number of nitrogens with zero attached hydrogens (tertiary/aromatic N) is 2. The summed E-state index contributed by atoms with van der Waals surface area (Å²) in [5.41, 5.74) is 0.672. The Morgan fingerprint density at radius 2 is 2.21 bits per heavy atom. The SMILES string of the molecule is CCC1CN(CCOc2ccc(C#N)cc2)CCS1. The van der Waals surface area contributed by atoms with Gasteiger partial charge in [-0.15, -0.1) is 0 Å². The summed E-state index contributed by atoms with van der Waals surface area (Å²) in [6, 6.07) is 9.41. The fraction of sp³-hybridized carbons (Fsp3) is 0.533. The van der Waals surface area contributed by atoms with Crippen molar-refractivity contribution >= 4 is 11.8 Å². The first-order chi connectivity index (χ1) is 9.31. The van der Waals surface area contributed by atoms with Crippen LogP contribution in [-0.4, -0.2) is 42.1 Å². The van der Waals surface area contributed by atoms with Crippen LogP contribution >= 0.6 is 11.8 Å². The third kappa shape index (κ3) is 4.45. The van der Waals surface area contributed by atoms with E-state index in [9.17, 15) is 0 Å². The van der Waals surface area contributed by atoms with Gasteiger partial charge in [0.15, 0.2) is 0 Å². The molecule has 4 heteroatoms. The Bertz CT molecular complexity index is 427. The monoisotopic (exact) mass is 276 g/mol. The molecule has 0 radical (unpaired) electrons. The van der Waals surface area contributed by atoms with Crippen molar-refractivity contribution in [2.24, 2.45) is 0 Å². The average Bonchev–Trinajstić information content (AvgIpc) is 2.48. The molecule has 0 N–H and O–H groups in total. The Morgan fingerprint density at radius 1 is 1.42 bits per heavy atom. The molecule has 1 aromatic rings. The lowest BCUT2D eigenvalue weighted by atomic mass is 10.2. The second-order valence-corrected chi connectivity index (χ2v) is 6.09. The lowest BCUT2D eigenvalue weighted by Gasteiger charge is -2.31. The van der Waals surface area contributed by atoms with Crippen molar-refractivity contribution in [2.75, 3.05) is 32.0 Å². The van der Waals surface area contributed by atoms with E-state index in [-0.39, 0.29) is 0 Å². The van der Waals surface area contributed by atoms with Gasteiger partial charge in [0.2, 0.25) is 0 Å². The highest BCUT2D eigenvalue weighted by atomic mass is 32.2. The number of thioether (sulfide) groups is 1. The topological polar surface area (TPSA) is 36.3 Å². The molecule has 3 nitrogen and oxygen atoms in total. The summed E-state index contributed by atoms with van der Waals surface area (Å²) in [7, 11) is 0. The van der Waals surface area contributed by atoms with Crippen molar-refractivity contribution in [3.05, 3.63) is 29.8 Å². The molecule has 1 aliphatic rings. The van der Waals surface area contributed by atoms with E-state index in [0.29, 0.717) is 12.2 Å². The lowest BCUT2D eigenvalue weighted by molar-refractivity contribution is 0.212. The largest absolute Gasteiger partial charge is 0.492 e. The molecular formula is C15H20N2OS. The highest BCUT2D eigenvalue weighted by molar-refractivity contribution is 8.00. The van der Waals surface area contributed by atoms with E-state index in [1.54, 1.807) is 12.1 Å². The van der Waals surface area contributed by atoms with E-state index in [0.717, 1.165) is 24.1 Å². The van der Waals surface area contributed by atoms with Crippen molar-refractivity contribution in [3.8, 4) is 11.8 Å². The number of ether oxygens (including phenoxy) is 1. The zero-order valence-electron chi connectivity index (χ0n) is 11.3. The third-order valence-electron chi connectivity index (χ3n) is 3.34. The minimum Gasteiger partial charge on any atom is -0.492 e. The quantitative estimate of drug-likeness (QED) is 0.828. The van der Waals surface area contributed by atoms with Crippen LogP contribution in [0.25, 0.3) is 0 Å². The van der Waals surface area contributed by atoms with E-state index in [1.165, 1.54) is 18.7 Å². The van der Waals surface area contributed by atoms with Gasteiger partial charge < -0.3 is 4.74 Å². The van der Waals surface area contributed by atoms with Crippen LogP contribution < -0.4 is 4.74 Å². The first-order valence-corrected chi connectivity index (χ1v) is 7.83. The smallest absolute Gasteiger partial charge is 0.119 e. The molecule has 1 heterocycles. The summed E-state index contributed by atoms with van der Waals surface area (Å²) >= 11 is 2.09. The maximum atomic E-state index is 8.72. The van der Waals surface area contributed by atoms with Gasteiger partial charge in [-0.05, 0) is 30.7 Å². The van der Waals surface area contributed by atoms with Gasteiger partial charge in [0.1, 0.15) is 12.4 Å². The van der Waals surface area contributed by atoms with E-state index in [1.807, 2.05) is 12.1 Å². The van der Waals surface area contributed by atoms with Crippen molar-refractivity contribution < 1.29 is 4.74 Å². The van der Waals surface area contributed by atoms with Gasteiger partial charge >= 0.3 is 0 Å². The molecule has 2 rings (SSSR count). The molecule has 0 bridgehead atoms. The molecule has 102 valence electrons. The van der Waals surface area contributed by atoms with E-state index in [2.05, 4.69) is 29.7 Å². The van der Waals surface area contributed by atoms with Crippen molar-refractivity contribution in [1.29, 1.82) is 5.26 Å². The predicted octanol–water partition coefficient (Wildman–Crippen LogP) is 2.76. The Balaban J connectivity index is 1.72. The van der Waals surface area contributed by atoms with Gasteiger partial charge in [-0.3, -0.25) is 4.90 Å². The Morgan fingerprint density at radius 3 is 2.89 bits per heavy atom. The molecule has 1 saturated heterocycles. The molecule has 0 aromatic heterocycles. The number of rotatable bonds is 5. The Hall–Kier alpha value is -1.18. The van der Waals surface area contributed by atoms with Crippen LogP contribution in [-0.2, 0) is 0 Å². The van der Waals surface area contributed by atoms with Crippen LogP contribution in [0.15, 0.2) is 24.3 Å². The highest BCUT2D eigenvalue weighted by Gasteiger charge is 2.18. The summed E-state index contributed by atoms with van der Waals surface area (Å²) in [5.74, 6) is 2.08. The molecule has 1 unspecified atom stereocenters. The Kier molecular flexibility index (Phi) is 5.56. The van der Waals surface area contributed by atoms with Gasteiger partial charge in [-0.1, -0.05) is 6.92 Å². The minimum atomic E-state index is 0.672. The molecule has 0 spiro atoms. The lowest BCUT2D eigenvalue weighted by Crippen LogP contribution is -2.39. The number of hydrogen-bond donors (Lipinski definition) is 0. The van der Waals surface area contributed by atoms with Crippen LogP contribution in [0.5, 0.6) is 5.75 Å². The van der Waals surface area contributed by atoms with Crippen LogP contribution in [0.3, 0.4) is 0 Å². The van der Waals surface area contributed by atoms with Crippen molar-refractivity contribution in [3.63, 3.8) is 0 Å². The average molecular weight is 276 g/mol. The highest BCUT2D eigenvalue weighted by Crippen LogP contribution is 2.20. The van der Waals surface area contributed by atoms with E-state index >= 15 is 0 Å². The standard InChI is InChI=1S/C15H20N2OS/c1-2-15-12-17(8-10-19-15)7-9-18-14-5-3-13(11-16)4-6-14/h3-6,15H,2,7-10,12H2,1H3. The van der Waals surface area contributed by atoms with Crippen LogP contribution in [0, 0.1) is 11.3 Å². The molecule has 1 atom stereocenters. The minimum absolute atomic E-state index is 0.672. The number of nitriles is 1. The summed E-state index contributed by atoms with van der Waals surface area (Å²) in [4.78, 5) is 2.48. The van der Waals surface area contributed by atoms with Gasteiger partial charge in [0, 0.05) is 30.6 Å². The van der Waals surface area contributed by atoms with Gasteiger partial charge in [-0.2, -0.15) is 17.0 Å². The normalized spacial score (nSPS) is 19.9. The second kappa shape index (κ2) is 7.42. The van der Waals surface area contributed by atoms with Crippen LogP contribution in [0.1, 0.15) is 18.9 Å². The van der Waals surface area contributed by atoms with Gasteiger partial charge in [-0.25, -0.2) is 0 Å². The molecule has 1 aliphatic heterocycles. The fourth-order valence-electron chi connectivity index (χ4n) is 2.15. The van der Waals surface area contributed by atoms with E-state index < -0.39 is 0 Å². The molecule has 0 amide bonds. The van der Waals surface area contributed by atoms with Crippen LogP contribution in [0.2, 0.25) is 0 Å².